The lowest BCUT2D eigenvalue weighted by Gasteiger charge is -2.20. The van der Waals surface area contributed by atoms with E-state index in [9.17, 15) is 0 Å². The van der Waals surface area contributed by atoms with Crippen LogP contribution in [0.4, 0.5) is 0 Å². The van der Waals surface area contributed by atoms with E-state index in [2.05, 4.69) is 17.1 Å². The molecule has 0 amide bonds. The minimum Gasteiger partial charge on any atom is -0.330 e. The molecule has 4 heteroatoms. The molecule has 0 radical (unpaired) electrons. The highest BCUT2D eigenvalue weighted by Gasteiger charge is 1.99. The molecule has 0 aliphatic rings. The summed E-state index contributed by atoms with van der Waals surface area (Å²) in [7, 11) is 0. The van der Waals surface area contributed by atoms with Crippen molar-refractivity contribution >= 4 is 0 Å². The SMILES string of the molecule is CCN(CCCN)CCNCCCCN. The molecule has 0 aromatic carbocycles. The Labute approximate surface area is 94.4 Å². The molecule has 15 heavy (non-hydrogen) atoms. The largest absolute Gasteiger partial charge is 0.330 e. The first kappa shape index (κ1) is 14.8. The molecule has 0 aliphatic carbocycles. The fraction of sp³-hybridized carbons (Fsp3) is 1.00. The standard InChI is InChI=1S/C11H28N4/c1-2-15(10-5-7-13)11-9-14-8-4-3-6-12/h14H,2-13H2,1H3. The summed E-state index contributed by atoms with van der Waals surface area (Å²) in [5.74, 6) is 0. The van der Waals surface area contributed by atoms with Gasteiger partial charge in [0.1, 0.15) is 0 Å². The zero-order valence-corrected chi connectivity index (χ0v) is 10.2. The van der Waals surface area contributed by atoms with Crippen LogP contribution in [0.2, 0.25) is 0 Å². The van der Waals surface area contributed by atoms with Crippen molar-refractivity contribution in [1.82, 2.24) is 10.2 Å². The first-order valence-electron chi connectivity index (χ1n) is 6.18. The van der Waals surface area contributed by atoms with Crippen LogP contribution in [-0.4, -0.2) is 50.7 Å². The minimum atomic E-state index is 0.792. The molecular weight excluding hydrogens is 188 g/mol. The van der Waals surface area contributed by atoms with E-state index in [1.165, 1.54) is 6.42 Å². The summed E-state index contributed by atoms with van der Waals surface area (Å²) in [5.41, 5.74) is 10.9. The highest BCUT2D eigenvalue weighted by molar-refractivity contribution is 4.58. The fourth-order valence-electron chi connectivity index (χ4n) is 1.50. The first-order valence-corrected chi connectivity index (χ1v) is 6.18. The molecular formula is C11H28N4. The predicted octanol–water partition coefficient (Wildman–Crippen LogP) is -0.0144. The Morgan fingerprint density at radius 1 is 0.933 bits per heavy atom. The monoisotopic (exact) mass is 216 g/mol. The van der Waals surface area contributed by atoms with E-state index in [1.54, 1.807) is 0 Å². The van der Waals surface area contributed by atoms with E-state index in [1.807, 2.05) is 0 Å². The fourth-order valence-corrected chi connectivity index (χ4v) is 1.50. The number of hydrogen-bond donors (Lipinski definition) is 3. The Balaban J connectivity index is 3.22. The molecule has 0 fully saturated rings. The lowest BCUT2D eigenvalue weighted by Crippen LogP contribution is -2.33. The van der Waals surface area contributed by atoms with Crippen molar-refractivity contribution in [2.75, 3.05) is 45.8 Å². The zero-order chi connectivity index (χ0) is 11.4. The summed E-state index contributed by atoms with van der Waals surface area (Å²) in [4.78, 5) is 2.43. The molecule has 0 heterocycles. The summed E-state index contributed by atoms with van der Waals surface area (Å²) >= 11 is 0. The van der Waals surface area contributed by atoms with Crippen LogP contribution in [0.3, 0.4) is 0 Å². The van der Waals surface area contributed by atoms with Gasteiger partial charge in [0, 0.05) is 13.1 Å². The molecule has 4 nitrogen and oxygen atoms in total. The average Bonchev–Trinajstić information content (AvgIpc) is 2.27. The Morgan fingerprint density at radius 3 is 2.27 bits per heavy atom. The van der Waals surface area contributed by atoms with Crippen molar-refractivity contribution in [1.29, 1.82) is 0 Å². The van der Waals surface area contributed by atoms with Gasteiger partial charge in [-0.05, 0) is 52.0 Å². The van der Waals surface area contributed by atoms with E-state index in [0.717, 1.165) is 58.7 Å². The quantitative estimate of drug-likeness (QED) is 0.425. The third kappa shape index (κ3) is 10.1. The van der Waals surface area contributed by atoms with E-state index in [-0.39, 0.29) is 0 Å². The lowest BCUT2D eigenvalue weighted by molar-refractivity contribution is 0.285. The second-order valence-electron chi connectivity index (χ2n) is 3.82. The second-order valence-corrected chi connectivity index (χ2v) is 3.82. The maximum Gasteiger partial charge on any atom is 0.0107 e. The van der Waals surface area contributed by atoms with Gasteiger partial charge in [-0.2, -0.15) is 0 Å². The summed E-state index contributed by atoms with van der Waals surface area (Å²) < 4.78 is 0. The van der Waals surface area contributed by atoms with Crippen LogP contribution < -0.4 is 16.8 Å². The minimum absolute atomic E-state index is 0.792. The van der Waals surface area contributed by atoms with Gasteiger partial charge in [-0.15, -0.1) is 0 Å². The number of nitrogens with one attached hydrogen (secondary N) is 1. The van der Waals surface area contributed by atoms with Crippen LogP contribution in [0, 0.1) is 0 Å². The van der Waals surface area contributed by atoms with Crippen LogP contribution in [-0.2, 0) is 0 Å². The maximum atomic E-state index is 5.49. The van der Waals surface area contributed by atoms with Gasteiger partial charge in [-0.3, -0.25) is 0 Å². The molecule has 0 saturated carbocycles. The number of nitrogens with two attached hydrogens (primary N) is 2. The molecule has 0 spiro atoms. The Kier molecular flexibility index (Phi) is 11.8. The van der Waals surface area contributed by atoms with Gasteiger partial charge >= 0.3 is 0 Å². The van der Waals surface area contributed by atoms with Crippen LogP contribution in [0.15, 0.2) is 0 Å². The molecule has 0 atom stereocenters. The van der Waals surface area contributed by atoms with Gasteiger partial charge in [0.25, 0.3) is 0 Å². The molecule has 0 saturated heterocycles. The summed E-state index contributed by atoms with van der Waals surface area (Å²) in [6, 6.07) is 0. The highest BCUT2D eigenvalue weighted by atomic mass is 15.1. The van der Waals surface area contributed by atoms with E-state index in [4.69, 9.17) is 11.5 Å². The first-order chi connectivity index (χ1) is 7.35. The molecule has 0 unspecified atom stereocenters. The summed E-state index contributed by atoms with van der Waals surface area (Å²) in [5, 5.41) is 3.43. The molecule has 0 aromatic rings. The van der Waals surface area contributed by atoms with Gasteiger partial charge in [0.15, 0.2) is 0 Å². The van der Waals surface area contributed by atoms with Crippen LogP contribution in [0.5, 0.6) is 0 Å². The molecule has 0 aromatic heterocycles. The number of likely N-dealkylation sites (N-methyl/N-ethyl adjacent to an activating group) is 1. The average molecular weight is 216 g/mol. The van der Waals surface area contributed by atoms with Gasteiger partial charge in [-0.25, -0.2) is 0 Å². The van der Waals surface area contributed by atoms with Crippen molar-refractivity contribution in [3.05, 3.63) is 0 Å². The molecule has 0 rings (SSSR count). The molecule has 0 aliphatic heterocycles. The van der Waals surface area contributed by atoms with Crippen molar-refractivity contribution < 1.29 is 0 Å². The van der Waals surface area contributed by atoms with Crippen molar-refractivity contribution in [3.63, 3.8) is 0 Å². The Hall–Kier alpha value is -0.160. The van der Waals surface area contributed by atoms with Crippen molar-refractivity contribution in [2.45, 2.75) is 26.2 Å². The zero-order valence-electron chi connectivity index (χ0n) is 10.2. The topological polar surface area (TPSA) is 67.3 Å². The maximum absolute atomic E-state index is 5.49. The molecule has 92 valence electrons. The third-order valence-electron chi connectivity index (χ3n) is 2.54. The molecule has 0 bridgehead atoms. The normalized spacial score (nSPS) is 11.2. The Bertz CT molecular complexity index is 119. The van der Waals surface area contributed by atoms with Crippen LogP contribution >= 0.6 is 0 Å². The lowest BCUT2D eigenvalue weighted by atomic mass is 10.3. The predicted molar refractivity (Wildman–Crippen MR) is 66.9 cm³/mol. The van der Waals surface area contributed by atoms with Gasteiger partial charge in [0.2, 0.25) is 0 Å². The number of rotatable bonds is 11. The van der Waals surface area contributed by atoms with Gasteiger partial charge in [0.05, 0.1) is 0 Å². The third-order valence-corrected chi connectivity index (χ3v) is 2.54. The van der Waals surface area contributed by atoms with Crippen molar-refractivity contribution in [2.24, 2.45) is 11.5 Å². The summed E-state index contributed by atoms with van der Waals surface area (Å²) in [6.07, 6.45) is 3.41. The van der Waals surface area contributed by atoms with E-state index < -0.39 is 0 Å². The van der Waals surface area contributed by atoms with Crippen LogP contribution in [0.25, 0.3) is 0 Å². The highest BCUT2D eigenvalue weighted by Crippen LogP contribution is 1.89. The van der Waals surface area contributed by atoms with E-state index in [0.29, 0.717) is 0 Å². The number of unbranched alkanes of at least 4 members (excludes halogenated alkanes) is 1. The Morgan fingerprint density at radius 2 is 1.67 bits per heavy atom. The smallest absolute Gasteiger partial charge is 0.0107 e. The van der Waals surface area contributed by atoms with E-state index >= 15 is 0 Å². The van der Waals surface area contributed by atoms with Crippen LogP contribution in [0.1, 0.15) is 26.2 Å². The van der Waals surface area contributed by atoms with Gasteiger partial charge < -0.3 is 21.7 Å². The number of hydrogen-bond acceptors (Lipinski definition) is 4. The molecule has 5 N–H and O–H groups in total. The summed E-state index contributed by atoms with van der Waals surface area (Å²) in [6.45, 7) is 9.32. The number of nitrogens with zero attached hydrogens (tertiary/aromatic N) is 1. The van der Waals surface area contributed by atoms with Crippen molar-refractivity contribution in [3.8, 4) is 0 Å². The van der Waals surface area contributed by atoms with Gasteiger partial charge in [-0.1, -0.05) is 6.92 Å². The second kappa shape index (κ2) is 11.9.